The lowest BCUT2D eigenvalue weighted by molar-refractivity contribution is 0.184. The topological polar surface area (TPSA) is 19.0 Å². The summed E-state index contributed by atoms with van der Waals surface area (Å²) in [5.41, 5.74) is 4.13. The number of aromatic amines is 1. The van der Waals surface area contributed by atoms with E-state index in [9.17, 15) is 0 Å². The number of hydrogen-bond donors (Lipinski definition) is 1. The van der Waals surface area contributed by atoms with Gasteiger partial charge in [0, 0.05) is 22.6 Å². The average molecular weight is 228 g/mol. The Balaban J connectivity index is 2.07. The zero-order chi connectivity index (χ0) is 11.8. The molecule has 0 spiro atoms. The summed E-state index contributed by atoms with van der Waals surface area (Å²) < 4.78 is 0. The van der Waals surface area contributed by atoms with Crippen LogP contribution in [0.2, 0.25) is 0 Å². The monoisotopic (exact) mass is 228 g/mol. The lowest BCUT2D eigenvalue weighted by Gasteiger charge is -2.32. The van der Waals surface area contributed by atoms with Crippen LogP contribution in [0, 0.1) is 6.92 Å². The van der Waals surface area contributed by atoms with Gasteiger partial charge >= 0.3 is 0 Å². The molecule has 3 rings (SSSR count). The summed E-state index contributed by atoms with van der Waals surface area (Å²) in [6.45, 7) is 3.47. The van der Waals surface area contributed by atoms with Crippen LogP contribution in [0.1, 0.15) is 36.6 Å². The highest BCUT2D eigenvalue weighted by Gasteiger charge is 2.24. The summed E-state index contributed by atoms with van der Waals surface area (Å²) in [5.74, 6) is 0. The van der Waals surface area contributed by atoms with Crippen LogP contribution in [0.3, 0.4) is 0 Å². The van der Waals surface area contributed by atoms with Gasteiger partial charge in [-0.1, -0.05) is 24.6 Å². The Bertz CT molecular complexity index is 527. The van der Waals surface area contributed by atoms with E-state index in [1.807, 2.05) is 0 Å². The fourth-order valence-corrected chi connectivity index (χ4v) is 3.08. The summed E-state index contributed by atoms with van der Waals surface area (Å²) >= 11 is 0. The van der Waals surface area contributed by atoms with Crippen LogP contribution in [0.15, 0.2) is 24.3 Å². The average Bonchev–Trinajstić information content (AvgIpc) is 2.68. The van der Waals surface area contributed by atoms with E-state index in [0.29, 0.717) is 6.04 Å². The lowest BCUT2D eigenvalue weighted by atomic mass is 9.97. The number of nitrogens with zero attached hydrogens (tertiary/aromatic N) is 1. The molecule has 90 valence electrons. The second kappa shape index (κ2) is 4.19. The number of nitrogens with one attached hydrogen (secondary N) is 1. The van der Waals surface area contributed by atoms with Crippen molar-refractivity contribution in [1.29, 1.82) is 0 Å². The van der Waals surface area contributed by atoms with Gasteiger partial charge in [-0.05, 0) is 45.0 Å². The fourth-order valence-electron chi connectivity index (χ4n) is 3.08. The van der Waals surface area contributed by atoms with Crippen LogP contribution >= 0.6 is 0 Å². The van der Waals surface area contributed by atoms with Crippen LogP contribution in [0.4, 0.5) is 0 Å². The minimum Gasteiger partial charge on any atom is -0.357 e. The van der Waals surface area contributed by atoms with E-state index in [1.54, 1.807) is 0 Å². The zero-order valence-electron chi connectivity index (χ0n) is 10.7. The Kier molecular flexibility index (Phi) is 2.67. The van der Waals surface area contributed by atoms with Gasteiger partial charge in [0.2, 0.25) is 0 Å². The number of piperidine rings is 1. The van der Waals surface area contributed by atoms with Crippen LogP contribution in [0.25, 0.3) is 10.9 Å². The maximum atomic E-state index is 3.62. The lowest BCUT2D eigenvalue weighted by Crippen LogP contribution is -2.30. The highest BCUT2D eigenvalue weighted by molar-refractivity contribution is 5.84. The van der Waals surface area contributed by atoms with Crippen molar-refractivity contribution in [3.05, 3.63) is 35.5 Å². The number of rotatable bonds is 1. The number of H-pyrrole nitrogens is 1. The first-order valence-electron chi connectivity index (χ1n) is 6.55. The van der Waals surface area contributed by atoms with E-state index >= 15 is 0 Å². The Labute approximate surface area is 103 Å². The van der Waals surface area contributed by atoms with Gasteiger partial charge in [-0.15, -0.1) is 0 Å². The smallest absolute Gasteiger partial charge is 0.0498 e. The molecule has 17 heavy (non-hydrogen) atoms. The van der Waals surface area contributed by atoms with Crippen molar-refractivity contribution in [2.75, 3.05) is 13.6 Å². The Hall–Kier alpha value is -1.28. The number of likely N-dealkylation sites (tertiary alicyclic amines) is 1. The minimum absolute atomic E-state index is 0.580. The third-order valence-corrected chi connectivity index (χ3v) is 4.11. The van der Waals surface area contributed by atoms with Gasteiger partial charge in [0.1, 0.15) is 0 Å². The molecule has 2 heterocycles. The molecular weight excluding hydrogens is 208 g/mol. The number of aryl methyl sites for hydroxylation is 1. The standard InChI is InChI=1S/C15H20N2/c1-11-12-7-3-4-8-13(12)16-15(11)14-9-5-6-10-17(14)2/h3-4,7-8,14,16H,5-6,9-10H2,1-2H3. The molecule has 0 saturated carbocycles. The number of aromatic nitrogens is 1. The number of fused-ring (bicyclic) bond motifs is 1. The van der Waals surface area contributed by atoms with Gasteiger partial charge in [-0.3, -0.25) is 4.90 Å². The fraction of sp³-hybridized carbons (Fsp3) is 0.467. The molecule has 1 aliphatic rings. The van der Waals surface area contributed by atoms with Crippen molar-refractivity contribution in [2.24, 2.45) is 0 Å². The van der Waals surface area contributed by atoms with E-state index < -0.39 is 0 Å². The first-order chi connectivity index (χ1) is 8.27. The molecule has 2 nitrogen and oxygen atoms in total. The molecule has 1 aliphatic heterocycles. The third kappa shape index (κ3) is 1.77. The second-order valence-corrected chi connectivity index (χ2v) is 5.20. The van der Waals surface area contributed by atoms with Crippen LogP contribution in [0.5, 0.6) is 0 Å². The summed E-state index contributed by atoms with van der Waals surface area (Å²) in [6.07, 6.45) is 3.97. The van der Waals surface area contributed by atoms with Crippen molar-refractivity contribution in [3.63, 3.8) is 0 Å². The van der Waals surface area contributed by atoms with Gasteiger partial charge in [0.05, 0.1) is 0 Å². The molecule has 2 aromatic rings. The molecule has 1 unspecified atom stereocenters. The highest BCUT2D eigenvalue weighted by atomic mass is 15.1. The summed E-state index contributed by atoms with van der Waals surface area (Å²) in [4.78, 5) is 6.11. The summed E-state index contributed by atoms with van der Waals surface area (Å²) in [5, 5.41) is 1.38. The van der Waals surface area contributed by atoms with Crippen molar-refractivity contribution >= 4 is 10.9 Å². The number of hydrogen-bond acceptors (Lipinski definition) is 1. The van der Waals surface area contributed by atoms with Crippen molar-refractivity contribution in [2.45, 2.75) is 32.2 Å². The summed E-state index contributed by atoms with van der Waals surface area (Å²) in [7, 11) is 2.24. The molecule has 1 atom stereocenters. The predicted molar refractivity (Wildman–Crippen MR) is 72.3 cm³/mol. The predicted octanol–water partition coefficient (Wildman–Crippen LogP) is 3.63. The minimum atomic E-state index is 0.580. The molecule has 0 aliphatic carbocycles. The van der Waals surface area contributed by atoms with Crippen LogP contribution in [-0.2, 0) is 0 Å². The molecule has 1 aromatic heterocycles. The van der Waals surface area contributed by atoms with E-state index in [-0.39, 0.29) is 0 Å². The molecule has 1 aromatic carbocycles. The quantitative estimate of drug-likeness (QED) is 0.789. The second-order valence-electron chi connectivity index (χ2n) is 5.20. The first kappa shape index (κ1) is 10.8. The number of para-hydroxylation sites is 1. The van der Waals surface area contributed by atoms with Crippen LogP contribution in [-0.4, -0.2) is 23.5 Å². The largest absolute Gasteiger partial charge is 0.357 e. The van der Waals surface area contributed by atoms with Gasteiger partial charge in [-0.25, -0.2) is 0 Å². The molecule has 0 amide bonds. The van der Waals surface area contributed by atoms with Crippen molar-refractivity contribution in [3.8, 4) is 0 Å². The van der Waals surface area contributed by atoms with Gasteiger partial charge in [0.25, 0.3) is 0 Å². The number of benzene rings is 1. The molecule has 1 saturated heterocycles. The van der Waals surface area contributed by atoms with Gasteiger partial charge < -0.3 is 4.98 Å². The Morgan fingerprint density at radius 3 is 2.82 bits per heavy atom. The van der Waals surface area contributed by atoms with Crippen molar-refractivity contribution < 1.29 is 0 Å². The highest BCUT2D eigenvalue weighted by Crippen LogP contribution is 2.33. The molecule has 0 bridgehead atoms. The van der Waals surface area contributed by atoms with E-state index in [1.165, 1.54) is 48.0 Å². The van der Waals surface area contributed by atoms with Crippen molar-refractivity contribution in [1.82, 2.24) is 9.88 Å². The SMILES string of the molecule is Cc1c(C2CCCCN2C)[nH]c2ccccc12. The molecular formula is C15H20N2. The third-order valence-electron chi connectivity index (χ3n) is 4.11. The van der Waals surface area contributed by atoms with Crippen LogP contribution < -0.4 is 0 Å². The Morgan fingerprint density at radius 2 is 2.06 bits per heavy atom. The van der Waals surface area contributed by atoms with E-state index in [0.717, 1.165) is 0 Å². The normalized spacial score (nSPS) is 22.1. The van der Waals surface area contributed by atoms with Gasteiger partial charge in [-0.2, -0.15) is 0 Å². The molecule has 1 N–H and O–H groups in total. The maximum absolute atomic E-state index is 3.62. The van der Waals surface area contributed by atoms with E-state index in [2.05, 4.69) is 48.1 Å². The molecule has 1 fully saturated rings. The Morgan fingerprint density at radius 1 is 1.24 bits per heavy atom. The maximum Gasteiger partial charge on any atom is 0.0498 e. The first-order valence-corrected chi connectivity index (χ1v) is 6.55. The van der Waals surface area contributed by atoms with Gasteiger partial charge in [0.15, 0.2) is 0 Å². The molecule has 2 heteroatoms. The summed E-state index contributed by atoms with van der Waals surface area (Å²) in [6, 6.07) is 9.20. The zero-order valence-corrected chi connectivity index (χ0v) is 10.7. The molecule has 0 radical (unpaired) electrons. The van der Waals surface area contributed by atoms with E-state index in [4.69, 9.17) is 0 Å².